The first kappa shape index (κ1) is 21.9. The first-order chi connectivity index (χ1) is 10.6. The lowest BCUT2D eigenvalue weighted by molar-refractivity contribution is 0.0590. The maximum absolute atomic E-state index is 14.4. The molecular formula is C21H43FO2. The van der Waals surface area contributed by atoms with Crippen LogP contribution in [-0.2, 0) is 0 Å². The van der Waals surface area contributed by atoms with Crippen LogP contribution in [0.1, 0.15) is 92.3 Å². The molecular weight excluding hydrogens is 303 g/mol. The number of halogens is 1. The molecule has 3 atom stereocenters. The fraction of sp³-hybridized carbons (Fsp3) is 1.00. The number of hydrogen-bond acceptors (Lipinski definition) is 0. The van der Waals surface area contributed by atoms with Crippen LogP contribution in [0.3, 0.4) is 0 Å². The van der Waals surface area contributed by atoms with Crippen molar-refractivity contribution in [2.75, 3.05) is 0 Å². The molecule has 3 heteroatoms. The summed E-state index contributed by atoms with van der Waals surface area (Å²) < 4.78 is 14.4. The van der Waals surface area contributed by atoms with Gasteiger partial charge in [0.25, 0.3) is 0 Å². The van der Waals surface area contributed by atoms with Gasteiger partial charge in [0.05, 0.1) is 0 Å². The van der Waals surface area contributed by atoms with Gasteiger partial charge in [-0.05, 0) is 67.6 Å². The minimum atomic E-state index is -0.495. The Labute approximate surface area is 150 Å². The molecule has 0 aromatic heterocycles. The van der Waals surface area contributed by atoms with Gasteiger partial charge in [-0.1, -0.05) is 58.8 Å². The molecule has 2 nitrogen and oxygen atoms in total. The summed E-state index contributed by atoms with van der Waals surface area (Å²) in [6.07, 6.45) is 15.6. The zero-order valence-electron chi connectivity index (χ0n) is 15.9. The van der Waals surface area contributed by atoms with Gasteiger partial charge in [0.1, 0.15) is 6.17 Å². The van der Waals surface area contributed by atoms with Gasteiger partial charge < -0.3 is 11.0 Å². The van der Waals surface area contributed by atoms with E-state index in [4.69, 9.17) is 0 Å². The summed E-state index contributed by atoms with van der Waals surface area (Å²) in [5, 5.41) is 0. The maximum Gasteiger partial charge on any atom is 0.103 e. The number of hydrogen-bond donors (Lipinski definition) is 0. The average molecular weight is 347 g/mol. The summed E-state index contributed by atoms with van der Waals surface area (Å²) in [7, 11) is 0. The minimum Gasteiger partial charge on any atom is -0.412 e. The Morgan fingerprint density at radius 2 is 1.21 bits per heavy atom. The highest BCUT2D eigenvalue weighted by atomic mass is 19.1. The molecule has 3 fully saturated rings. The summed E-state index contributed by atoms with van der Waals surface area (Å²) in [5.74, 6) is 4.70. The van der Waals surface area contributed by atoms with Crippen LogP contribution >= 0.6 is 0 Å². The predicted octanol–water partition coefficient (Wildman–Crippen LogP) is 5.38. The summed E-state index contributed by atoms with van der Waals surface area (Å²) in [4.78, 5) is 0. The van der Waals surface area contributed by atoms with E-state index in [0.717, 1.165) is 30.6 Å². The van der Waals surface area contributed by atoms with Crippen molar-refractivity contribution in [3.8, 4) is 0 Å². The normalized spacial score (nSPS) is 43.4. The highest BCUT2D eigenvalue weighted by Gasteiger charge is 2.36. The van der Waals surface area contributed by atoms with E-state index in [-0.39, 0.29) is 12.4 Å². The Morgan fingerprint density at radius 1 is 0.708 bits per heavy atom. The van der Waals surface area contributed by atoms with Crippen molar-refractivity contribution in [2.24, 2.45) is 35.5 Å². The van der Waals surface area contributed by atoms with Gasteiger partial charge in [-0.15, -0.1) is 0 Å². The van der Waals surface area contributed by atoms with E-state index < -0.39 is 6.17 Å². The van der Waals surface area contributed by atoms with Crippen LogP contribution in [0.4, 0.5) is 4.39 Å². The average Bonchev–Trinajstić information content (AvgIpc) is 2.51. The molecule has 3 rings (SSSR count). The third kappa shape index (κ3) is 5.69. The molecule has 0 aromatic carbocycles. The summed E-state index contributed by atoms with van der Waals surface area (Å²) in [5.41, 5.74) is 0. The molecule has 0 heterocycles. The van der Waals surface area contributed by atoms with Crippen molar-refractivity contribution in [1.82, 2.24) is 0 Å². The molecule has 0 spiro atoms. The monoisotopic (exact) mass is 346 g/mol. The van der Waals surface area contributed by atoms with Crippen molar-refractivity contribution < 1.29 is 16.8 Å². The third-order valence-corrected chi connectivity index (χ3v) is 7.38. The Hall–Kier alpha value is -0.150. The van der Waals surface area contributed by atoms with Crippen LogP contribution < -0.4 is 0 Å². The van der Waals surface area contributed by atoms with Gasteiger partial charge in [-0.3, -0.25) is 0 Å². The zero-order valence-corrected chi connectivity index (χ0v) is 15.9. The van der Waals surface area contributed by atoms with Gasteiger partial charge >= 0.3 is 0 Å². The smallest absolute Gasteiger partial charge is 0.103 e. The lowest BCUT2D eigenvalue weighted by atomic mass is 9.67. The van der Waals surface area contributed by atoms with E-state index in [9.17, 15) is 4.39 Å². The molecule has 3 aliphatic carbocycles. The molecule has 24 heavy (non-hydrogen) atoms. The molecule has 3 saturated carbocycles. The quantitative estimate of drug-likeness (QED) is 0.658. The topological polar surface area (TPSA) is 63.0 Å². The minimum absolute atomic E-state index is 0. The molecule has 0 radical (unpaired) electrons. The lowest BCUT2D eigenvalue weighted by Crippen LogP contribution is -2.33. The van der Waals surface area contributed by atoms with Gasteiger partial charge in [0.2, 0.25) is 0 Å². The fourth-order valence-corrected chi connectivity index (χ4v) is 5.75. The van der Waals surface area contributed by atoms with Crippen LogP contribution in [0, 0.1) is 35.5 Å². The standard InChI is InChI=1S/C21H37F.2H2O.H2/c1-15-3-6-17(7-4-15)14-18-8-10-19(11-9-18)20-12-5-16(2)13-21(20)22;;;/h15-21H,3-14H2,1-2H3;2*1H2;1H. The summed E-state index contributed by atoms with van der Waals surface area (Å²) in [6, 6.07) is 0. The first-order valence-electron chi connectivity index (χ1n) is 10.3. The Morgan fingerprint density at radius 3 is 1.75 bits per heavy atom. The van der Waals surface area contributed by atoms with Gasteiger partial charge in [0, 0.05) is 1.43 Å². The highest BCUT2D eigenvalue weighted by Crippen LogP contribution is 2.44. The third-order valence-electron chi connectivity index (χ3n) is 7.38. The second kappa shape index (κ2) is 10.1. The van der Waals surface area contributed by atoms with E-state index in [1.807, 2.05) is 0 Å². The van der Waals surface area contributed by atoms with Crippen molar-refractivity contribution in [1.29, 1.82) is 0 Å². The summed E-state index contributed by atoms with van der Waals surface area (Å²) >= 11 is 0. The van der Waals surface area contributed by atoms with Crippen LogP contribution in [0.15, 0.2) is 0 Å². The second-order valence-corrected chi connectivity index (χ2v) is 9.24. The van der Waals surface area contributed by atoms with Gasteiger partial charge in [-0.25, -0.2) is 4.39 Å². The van der Waals surface area contributed by atoms with E-state index in [0.29, 0.717) is 17.8 Å². The summed E-state index contributed by atoms with van der Waals surface area (Å²) in [6.45, 7) is 4.64. The van der Waals surface area contributed by atoms with E-state index >= 15 is 0 Å². The van der Waals surface area contributed by atoms with Crippen LogP contribution in [0.25, 0.3) is 0 Å². The predicted molar refractivity (Wildman–Crippen MR) is 102 cm³/mol. The molecule has 0 saturated heterocycles. The van der Waals surface area contributed by atoms with Crippen molar-refractivity contribution in [3.05, 3.63) is 0 Å². The Balaban J connectivity index is 0.00000192. The van der Waals surface area contributed by atoms with Crippen molar-refractivity contribution in [2.45, 2.75) is 97.1 Å². The highest BCUT2D eigenvalue weighted by molar-refractivity contribution is 4.87. The molecule has 4 N–H and O–H groups in total. The lowest BCUT2D eigenvalue weighted by Gasteiger charge is -2.40. The molecule has 3 unspecified atom stereocenters. The molecule has 0 bridgehead atoms. The van der Waals surface area contributed by atoms with Crippen LogP contribution in [0.5, 0.6) is 0 Å². The van der Waals surface area contributed by atoms with E-state index in [1.54, 1.807) is 0 Å². The maximum atomic E-state index is 14.4. The Kier molecular flexibility index (Phi) is 9.22. The van der Waals surface area contributed by atoms with Gasteiger partial charge in [-0.2, -0.15) is 0 Å². The molecule has 3 aliphatic rings. The molecule has 0 aromatic rings. The van der Waals surface area contributed by atoms with Crippen LogP contribution in [-0.4, -0.2) is 17.1 Å². The largest absolute Gasteiger partial charge is 0.412 e. The molecule has 146 valence electrons. The van der Waals surface area contributed by atoms with E-state index in [2.05, 4.69) is 13.8 Å². The Bertz CT molecular complexity index is 339. The fourth-order valence-electron chi connectivity index (χ4n) is 5.75. The first-order valence-corrected chi connectivity index (χ1v) is 10.3. The second-order valence-electron chi connectivity index (χ2n) is 9.24. The SMILES string of the molecule is CC1CCC(CC2CCC(C3CCC(C)CC3F)CC2)CC1.O.O.[HH]. The van der Waals surface area contributed by atoms with Crippen LogP contribution in [0.2, 0.25) is 0 Å². The zero-order chi connectivity index (χ0) is 15.5. The molecule has 0 amide bonds. The number of alkyl halides is 1. The van der Waals surface area contributed by atoms with E-state index in [1.165, 1.54) is 64.2 Å². The van der Waals surface area contributed by atoms with Crippen molar-refractivity contribution >= 4 is 0 Å². The van der Waals surface area contributed by atoms with Gasteiger partial charge in [0.15, 0.2) is 0 Å². The molecule has 0 aliphatic heterocycles. The number of rotatable bonds is 3. The van der Waals surface area contributed by atoms with Crippen molar-refractivity contribution in [3.63, 3.8) is 0 Å².